The molecule has 1 heterocycles. The molecule has 0 atom stereocenters. The van der Waals surface area contributed by atoms with E-state index < -0.39 is 29.7 Å². The summed E-state index contributed by atoms with van der Waals surface area (Å²) in [5, 5.41) is 2.52. The first-order chi connectivity index (χ1) is 12.9. The standard InChI is InChI=1S/C19H15F6N3/c1-11-3-7-13(8-4-11)15-26-16(14-9-5-12(2)6-10-14)28-17(27-15,18(20,21)22)19(23,24)25/h3-10H,1-2H3,(H,26,27,28). The summed E-state index contributed by atoms with van der Waals surface area (Å²) in [5.41, 5.74) is -2.83. The van der Waals surface area contributed by atoms with E-state index in [0.717, 1.165) is 11.1 Å². The highest BCUT2D eigenvalue weighted by atomic mass is 19.4. The van der Waals surface area contributed by atoms with Gasteiger partial charge in [-0.1, -0.05) is 59.7 Å². The Kier molecular flexibility index (Phi) is 4.73. The third kappa shape index (κ3) is 3.48. The molecule has 1 aliphatic heterocycles. The average Bonchev–Trinajstić information content (AvgIpc) is 2.60. The van der Waals surface area contributed by atoms with Gasteiger partial charge in [0, 0.05) is 11.1 Å². The molecule has 2 aromatic carbocycles. The third-order valence-electron chi connectivity index (χ3n) is 4.22. The van der Waals surface area contributed by atoms with E-state index in [1.807, 2.05) is 0 Å². The maximum absolute atomic E-state index is 13.6. The van der Waals surface area contributed by atoms with Gasteiger partial charge >= 0.3 is 18.0 Å². The van der Waals surface area contributed by atoms with Crippen molar-refractivity contribution < 1.29 is 26.3 Å². The fraction of sp³-hybridized carbons (Fsp3) is 0.263. The first kappa shape index (κ1) is 19.9. The zero-order chi connectivity index (χ0) is 20.7. The maximum atomic E-state index is 13.6. The van der Waals surface area contributed by atoms with Crippen LogP contribution in [0.25, 0.3) is 0 Å². The molecule has 28 heavy (non-hydrogen) atoms. The van der Waals surface area contributed by atoms with Crippen molar-refractivity contribution in [3.05, 3.63) is 70.8 Å². The Bertz CT molecular complexity index is 845. The lowest BCUT2D eigenvalue weighted by Crippen LogP contribution is -2.59. The molecule has 1 aliphatic rings. The Morgan fingerprint density at radius 3 is 1.25 bits per heavy atom. The van der Waals surface area contributed by atoms with Crippen molar-refractivity contribution >= 4 is 11.7 Å². The van der Waals surface area contributed by atoms with Crippen molar-refractivity contribution in [2.75, 3.05) is 0 Å². The second kappa shape index (κ2) is 6.65. The number of amidine groups is 2. The molecule has 9 heteroatoms. The van der Waals surface area contributed by atoms with E-state index in [-0.39, 0.29) is 11.1 Å². The number of nitrogens with one attached hydrogen (secondary N) is 1. The predicted molar refractivity (Wildman–Crippen MR) is 93.4 cm³/mol. The fourth-order valence-corrected chi connectivity index (χ4v) is 2.63. The van der Waals surface area contributed by atoms with Gasteiger partial charge < -0.3 is 5.32 Å². The normalized spacial score (nSPS) is 16.9. The van der Waals surface area contributed by atoms with Gasteiger partial charge in [-0.3, -0.25) is 0 Å². The van der Waals surface area contributed by atoms with Gasteiger partial charge in [-0.15, -0.1) is 0 Å². The summed E-state index contributed by atoms with van der Waals surface area (Å²) < 4.78 is 81.8. The Morgan fingerprint density at radius 1 is 0.643 bits per heavy atom. The minimum absolute atomic E-state index is 0.0861. The van der Waals surface area contributed by atoms with E-state index in [0.29, 0.717) is 0 Å². The van der Waals surface area contributed by atoms with E-state index >= 15 is 0 Å². The third-order valence-corrected chi connectivity index (χ3v) is 4.22. The number of halogens is 6. The largest absolute Gasteiger partial charge is 0.443 e. The lowest BCUT2D eigenvalue weighted by Gasteiger charge is -2.35. The number of aliphatic imine (C=N–C) groups is 2. The van der Waals surface area contributed by atoms with Gasteiger partial charge in [0.2, 0.25) is 0 Å². The van der Waals surface area contributed by atoms with Crippen molar-refractivity contribution in [1.29, 1.82) is 0 Å². The van der Waals surface area contributed by atoms with Gasteiger partial charge in [-0.05, 0) is 13.8 Å². The molecule has 0 aliphatic carbocycles. The highest BCUT2D eigenvalue weighted by Gasteiger charge is 2.73. The van der Waals surface area contributed by atoms with Gasteiger partial charge in [-0.25, -0.2) is 9.98 Å². The van der Waals surface area contributed by atoms with E-state index in [1.165, 1.54) is 24.3 Å². The molecule has 0 saturated heterocycles. The van der Waals surface area contributed by atoms with Crippen LogP contribution in [-0.4, -0.2) is 29.7 Å². The smallest absolute Gasteiger partial charge is 0.324 e. The van der Waals surface area contributed by atoms with Crippen LogP contribution in [0.5, 0.6) is 0 Å². The van der Waals surface area contributed by atoms with Crippen molar-refractivity contribution in [3.63, 3.8) is 0 Å². The molecule has 0 aromatic heterocycles. The molecule has 0 bridgehead atoms. The molecule has 1 N–H and O–H groups in total. The van der Waals surface area contributed by atoms with Gasteiger partial charge in [0.15, 0.2) is 0 Å². The summed E-state index contributed by atoms with van der Waals surface area (Å²) in [6.45, 7) is 3.49. The molecule has 0 radical (unpaired) electrons. The molecule has 0 saturated carbocycles. The highest BCUT2D eigenvalue weighted by molar-refractivity contribution is 6.16. The van der Waals surface area contributed by atoms with Gasteiger partial charge in [0.1, 0.15) is 11.7 Å². The highest BCUT2D eigenvalue weighted by Crippen LogP contribution is 2.48. The summed E-state index contributed by atoms with van der Waals surface area (Å²) in [6, 6.07) is 11.9. The number of aryl methyl sites for hydroxylation is 2. The number of hydrogen-bond acceptors (Lipinski definition) is 3. The SMILES string of the molecule is Cc1ccc(C2=NC(C(F)(F)F)(C(F)(F)F)N=C(c3ccc(C)cc3)N2)cc1. The molecular weight excluding hydrogens is 384 g/mol. The summed E-state index contributed by atoms with van der Waals surface area (Å²) >= 11 is 0. The predicted octanol–water partition coefficient (Wildman–Crippen LogP) is 4.92. The van der Waals surface area contributed by atoms with Crippen molar-refractivity contribution in [2.24, 2.45) is 9.98 Å². The lowest BCUT2D eigenvalue weighted by molar-refractivity contribution is -0.292. The van der Waals surface area contributed by atoms with Crippen molar-refractivity contribution in [2.45, 2.75) is 31.9 Å². The van der Waals surface area contributed by atoms with E-state index in [2.05, 4.69) is 15.3 Å². The topological polar surface area (TPSA) is 36.8 Å². The second-order valence-electron chi connectivity index (χ2n) is 6.45. The quantitative estimate of drug-likeness (QED) is 0.715. The summed E-state index contributed by atoms with van der Waals surface area (Å²) in [6.07, 6.45) is -11.6. The zero-order valence-electron chi connectivity index (χ0n) is 14.8. The Hall–Kier alpha value is -2.84. The Morgan fingerprint density at radius 2 is 0.964 bits per heavy atom. The molecule has 148 valence electrons. The maximum Gasteiger partial charge on any atom is 0.443 e. The summed E-state index contributed by atoms with van der Waals surface area (Å²) in [4.78, 5) is 6.03. The molecule has 3 rings (SSSR count). The minimum Gasteiger partial charge on any atom is -0.324 e. The van der Waals surface area contributed by atoms with Crippen molar-refractivity contribution in [3.8, 4) is 0 Å². The summed E-state index contributed by atoms with van der Waals surface area (Å²) in [5.74, 6) is -1.11. The second-order valence-corrected chi connectivity index (χ2v) is 6.45. The molecule has 2 aromatic rings. The van der Waals surface area contributed by atoms with Crippen LogP contribution in [0.2, 0.25) is 0 Å². The molecule has 0 amide bonds. The number of hydrogen-bond donors (Lipinski definition) is 1. The van der Waals surface area contributed by atoms with Crippen LogP contribution in [0.1, 0.15) is 22.3 Å². The lowest BCUT2D eigenvalue weighted by atomic mass is 10.1. The minimum atomic E-state index is -5.78. The molecule has 3 nitrogen and oxygen atoms in total. The van der Waals surface area contributed by atoms with Gasteiger partial charge in [0.05, 0.1) is 0 Å². The first-order valence-electron chi connectivity index (χ1n) is 8.17. The van der Waals surface area contributed by atoms with Crippen LogP contribution in [0.3, 0.4) is 0 Å². The number of nitrogens with zero attached hydrogens (tertiary/aromatic N) is 2. The van der Waals surface area contributed by atoms with Crippen LogP contribution in [0.4, 0.5) is 26.3 Å². The molecule has 0 fully saturated rings. The van der Waals surface area contributed by atoms with Crippen LogP contribution in [0.15, 0.2) is 58.5 Å². The monoisotopic (exact) mass is 399 g/mol. The van der Waals surface area contributed by atoms with Crippen LogP contribution in [-0.2, 0) is 0 Å². The average molecular weight is 399 g/mol. The zero-order valence-corrected chi connectivity index (χ0v) is 14.8. The van der Waals surface area contributed by atoms with E-state index in [9.17, 15) is 26.3 Å². The molecular formula is C19H15F6N3. The first-order valence-corrected chi connectivity index (χ1v) is 8.17. The molecule has 0 unspecified atom stereocenters. The summed E-state index contributed by atoms with van der Waals surface area (Å²) in [7, 11) is 0. The van der Waals surface area contributed by atoms with Crippen LogP contribution < -0.4 is 5.32 Å². The fourth-order valence-electron chi connectivity index (χ4n) is 2.63. The van der Waals surface area contributed by atoms with E-state index in [4.69, 9.17) is 0 Å². The number of rotatable bonds is 2. The van der Waals surface area contributed by atoms with E-state index in [1.54, 1.807) is 38.1 Å². The number of alkyl halides is 6. The Balaban J connectivity index is 2.24. The van der Waals surface area contributed by atoms with Crippen molar-refractivity contribution in [1.82, 2.24) is 5.32 Å². The molecule has 0 spiro atoms. The van der Waals surface area contributed by atoms with Gasteiger partial charge in [-0.2, -0.15) is 26.3 Å². The van der Waals surface area contributed by atoms with Crippen LogP contribution in [0, 0.1) is 13.8 Å². The Labute approximate surface area is 156 Å². The van der Waals surface area contributed by atoms with Gasteiger partial charge in [0.25, 0.3) is 0 Å². The number of benzene rings is 2. The van der Waals surface area contributed by atoms with Crippen LogP contribution >= 0.6 is 0 Å².